The van der Waals surface area contributed by atoms with E-state index in [2.05, 4.69) is 10.2 Å². The number of amides is 2. The lowest BCUT2D eigenvalue weighted by Crippen LogP contribution is -2.32. The summed E-state index contributed by atoms with van der Waals surface area (Å²) in [5, 5.41) is 2.16. The molecule has 0 spiro atoms. The third-order valence-corrected chi connectivity index (χ3v) is 2.24. The average molecular weight is 268 g/mol. The molecule has 2 rings (SSSR count). The largest absolute Gasteiger partial charge is 0.454 e. The molecule has 0 atom stereocenters. The highest BCUT2D eigenvalue weighted by Crippen LogP contribution is 2.32. The average Bonchev–Trinajstić information content (AvgIpc) is 2.89. The van der Waals surface area contributed by atoms with E-state index in [1.807, 2.05) is 5.48 Å². The zero-order valence-electron chi connectivity index (χ0n) is 10.1. The summed E-state index contributed by atoms with van der Waals surface area (Å²) in [6.07, 6.45) is -1.67. The van der Waals surface area contributed by atoms with Gasteiger partial charge >= 0.3 is 12.2 Å². The number of carbonyl (C=O) groups is 2. The van der Waals surface area contributed by atoms with Gasteiger partial charge < -0.3 is 24.4 Å². The summed E-state index contributed by atoms with van der Waals surface area (Å²) in [5.74, 6) is 1.25. The molecule has 0 bridgehead atoms. The summed E-state index contributed by atoms with van der Waals surface area (Å²) in [4.78, 5) is 26.2. The van der Waals surface area contributed by atoms with E-state index in [9.17, 15) is 9.59 Å². The fourth-order valence-corrected chi connectivity index (χ4v) is 1.35. The molecule has 1 aliphatic rings. The number of carbonyl (C=O) groups excluding carboxylic acids is 2. The zero-order valence-corrected chi connectivity index (χ0v) is 10.1. The van der Waals surface area contributed by atoms with Gasteiger partial charge in [0, 0.05) is 7.05 Å². The van der Waals surface area contributed by atoms with Crippen molar-refractivity contribution in [2.75, 3.05) is 13.8 Å². The first-order valence-electron chi connectivity index (χ1n) is 5.39. The molecule has 0 fully saturated rings. The fourth-order valence-electron chi connectivity index (χ4n) is 1.35. The first-order valence-corrected chi connectivity index (χ1v) is 5.39. The van der Waals surface area contributed by atoms with Crippen molar-refractivity contribution in [3.05, 3.63) is 23.8 Å². The summed E-state index contributed by atoms with van der Waals surface area (Å²) in [6.45, 7) is 0.194. The van der Waals surface area contributed by atoms with Crippen LogP contribution in [-0.2, 0) is 16.2 Å². The Morgan fingerprint density at radius 1 is 1.26 bits per heavy atom. The molecule has 0 radical (unpaired) electrons. The predicted molar refractivity (Wildman–Crippen MR) is 61.4 cm³/mol. The standard InChI is InChI=1S/C11H12N2O6/c1-12-10(14)19-13-11(15)16-5-7-2-3-8-9(4-7)18-6-17-8/h2-4H,5-6H2,1H3,(H,12,14)(H,13,15). The Labute approximate surface area is 108 Å². The maximum Gasteiger partial charge on any atom is 0.441 e. The van der Waals surface area contributed by atoms with Crippen LogP contribution in [0.15, 0.2) is 18.2 Å². The SMILES string of the molecule is CNC(=O)ONC(=O)OCc1ccc2c(c1)OCO2. The lowest BCUT2D eigenvalue weighted by molar-refractivity contribution is 0.0611. The van der Waals surface area contributed by atoms with Gasteiger partial charge in [-0.25, -0.2) is 9.59 Å². The molecule has 0 saturated heterocycles. The smallest absolute Gasteiger partial charge is 0.441 e. The predicted octanol–water partition coefficient (Wildman–Crippen LogP) is 0.912. The lowest BCUT2D eigenvalue weighted by Gasteiger charge is -2.07. The number of hydroxylamine groups is 1. The summed E-state index contributed by atoms with van der Waals surface area (Å²) in [7, 11) is 1.36. The van der Waals surface area contributed by atoms with E-state index >= 15 is 0 Å². The quantitative estimate of drug-likeness (QED) is 0.774. The molecule has 0 aromatic heterocycles. The third kappa shape index (κ3) is 3.41. The van der Waals surface area contributed by atoms with Gasteiger partial charge in [0.25, 0.3) is 0 Å². The van der Waals surface area contributed by atoms with Crippen LogP contribution >= 0.6 is 0 Å². The van der Waals surface area contributed by atoms with E-state index in [-0.39, 0.29) is 13.4 Å². The maximum absolute atomic E-state index is 11.2. The highest BCUT2D eigenvalue weighted by atomic mass is 16.7. The van der Waals surface area contributed by atoms with Crippen molar-refractivity contribution in [3.63, 3.8) is 0 Å². The third-order valence-electron chi connectivity index (χ3n) is 2.24. The van der Waals surface area contributed by atoms with Gasteiger partial charge in [-0.1, -0.05) is 6.07 Å². The van der Waals surface area contributed by atoms with Crippen LogP contribution in [-0.4, -0.2) is 26.0 Å². The molecule has 2 N–H and O–H groups in total. The van der Waals surface area contributed by atoms with Gasteiger partial charge in [0.2, 0.25) is 6.79 Å². The Morgan fingerprint density at radius 3 is 2.84 bits per heavy atom. The van der Waals surface area contributed by atoms with E-state index in [0.29, 0.717) is 11.5 Å². The molecule has 19 heavy (non-hydrogen) atoms. The lowest BCUT2D eigenvalue weighted by atomic mass is 10.2. The number of hydrogen-bond acceptors (Lipinski definition) is 6. The van der Waals surface area contributed by atoms with Crippen LogP contribution in [0.4, 0.5) is 9.59 Å². The van der Waals surface area contributed by atoms with Crippen molar-refractivity contribution in [2.45, 2.75) is 6.61 Å². The molecule has 0 aliphatic carbocycles. The van der Waals surface area contributed by atoms with Gasteiger partial charge in [-0.3, -0.25) is 0 Å². The molecule has 0 saturated carbocycles. The minimum Gasteiger partial charge on any atom is -0.454 e. The van der Waals surface area contributed by atoms with Gasteiger partial charge in [-0.2, -0.15) is 0 Å². The second kappa shape index (κ2) is 5.80. The Hall–Kier alpha value is -2.64. The minimum atomic E-state index is -0.874. The van der Waals surface area contributed by atoms with Crippen molar-refractivity contribution < 1.29 is 28.6 Å². The number of benzene rings is 1. The molecule has 1 aromatic carbocycles. The van der Waals surface area contributed by atoms with Gasteiger partial charge in [0.1, 0.15) is 6.61 Å². The zero-order chi connectivity index (χ0) is 13.7. The second-order valence-corrected chi connectivity index (χ2v) is 3.51. The molecule has 1 aromatic rings. The normalized spacial score (nSPS) is 11.6. The number of fused-ring (bicyclic) bond motifs is 1. The Morgan fingerprint density at radius 2 is 2.05 bits per heavy atom. The van der Waals surface area contributed by atoms with Crippen molar-refractivity contribution in [2.24, 2.45) is 0 Å². The highest BCUT2D eigenvalue weighted by molar-refractivity contribution is 5.71. The minimum absolute atomic E-state index is 0.0135. The van der Waals surface area contributed by atoms with Crippen molar-refractivity contribution >= 4 is 12.2 Å². The maximum atomic E-state index is 11.2. The van der Waals surface area contributed by atoms with Gasteiger partial charge in [0.05, 0.1) is 0 Å². The van der Waals surface area contributed by atoms with E-state index in [1.54, 1.807) is 18.2 Å². The Balaban J connectivity index is 1.79. The molecular weight excluding hydrogens is 256 g/mol. The van der Waals surface area contributed by atoms with E-state index in [0.717, 1.165) is 5.56 Å². The Bertz CT molecular complexity index is 490. The molecule has 8 nitrogen and oxygen atoms in total. The first kappa shape index (κ1) is 12.8. The van der Waals surface area contributed by atoms with Gasteiger partial charge in [0.15, 0.2) is 11.5 Å². The Kier molecular flexibility index (Phi) is 3.91. The number of ether oxygens (including phenoxy) is 3. The molecule has 102 valence electrons. The van der Waals surface area contributed by atoms with E-state index < -0.39 is 12.2 Å². The summed E-state index contributed by atoms with van der Waals surface area (Å²) in [6, 6.07) is 5.16. The number of nitrogens with one attached hydrogen (secondary N) is 2. The van der Waals surface area contributed by atoms with E-state index in [1.165, 1.54) is 7.05 Å². The number of rotatable bonds is 2. The van der Waals surface area contributed by atoms with Crippen molar-refractivity contribution in [3.8, 4) is 11.5 Å². The second-order valence-electron chi connectivity index (χ2n) is 3.51. The van der Waals surface area contributed by atoms with E-state index in [4.69, 9.17) is 14.2 Å². The van der Waals surface area contributed by atoms with Gasteiger partial charge in [-0.05, 0) is 17.7 Å². The summed E-state index contributed by atoms with van der Waals surface area (Å²) >= 11 is 0. The van der Waals surface area contributed by atoms with Crippen LogP contribution in [0, 0.1) is 0 Å². The molecule has 0 unspecified atom stereocenters. The van der Waals surface area contributed by atoms with Crippen molar-refractivity contribution in [1.29, 1.82) is 0 Å². The molecule has 1 heterocycles. The fraction of sp³-hybridized carbons (Fsp3) is 0.273. The number of hydrogen-bond donors (Lipinski definition) is 2. The highest BCUT2D eigenvalue weighted by Gasteiger charge is 2.14. The van der Waals surface area contributed by atoms with Crippen LogP contribution in [0.25, 0.3) is 0 Å². The van der Waals surface area contributed by atoms with Gasteiger partial charge in [-0.15, -0.1) is 5.48 Å². The summed E-state index contributed by atoms with van der Waals surface area (Å²) in [5.41, 5.74) is 2.55. The van der Waals surface area contributed by atoms with Crippen LogP contribution in [0.3, 0.4) is 0 Å². The monoisotopic (exact) mass is 268 g/mol. The van der Waals surface area contributed by atoms with Crippen LogP contribution in [0.1, 0.15) is 5.56 Å². The first-order chi connectivity index (χ1) is 9.19. The molecule has 2 amide bonds. The molecule has 8 heteroatoms. The van der Waals surface area contributed by atoms with Crippen LogP contribution < -0.4 is 20.3 Å². The molecule has 1 aliphatic heterocycles. The topological polar surface area (TPSA) is 95.1 Å². The van der Waals surface area contributed by atoms with Crippen molar-refractivity contribution in [1.82, 2.24) is 10.8 Å². The van der Waals surface area contributed by atoms with Crippen LogP contribution in [0.5, 0.6) is 11.5 Å². The van der Waals surface area contributed by atoms with Crippen LogP contribution in [0.2, 0.25) is 0 Å². The molecular formula is C11H12N2O6. The summed E-state index contributed by atoms with van der Waals surface area (Å²) < 4.78 is 15.2.